The Morgan fingerprint density at radius 3 is 2.65 bits per heavy atom. The summed E-state index contributed by atoms with van der Waals surface area (Å²) in [5.74, 6) is 1.22. The summed E-state index contributed by atoms with van der Waals surface area (Å²) in [6.07, 6.45) is 1.02. The summed E-state index contributed by atoms with van der Waals surface area (Å²) in [5.41, 5.74) is 5.94. The largest absolute Gasteiger partial charge is 0.493 e. The van der Waals surface area contributed by atoms with E-state index < -0.39 is 0 Å². The predicted octanol–water partition coefficient (Wildman–Crippen LogP) is 1.78. The second-order valence-electron chi connectivity index (χ2n) is 7.56. The number of hydrogen-bond acceptors (Lipinski definition) is 2. The zero-order valence-electron chi connectivity index (χ0n) is 15.7. The quantitative estimate of drug-likeness (QED) is 0.915. The Morgan fingerprint density at radius 2 is 1.88 bits per heavy atom. The highest BCUT2D eigenvalue weighted by Gasteiger charge is 2.25. The Bertz CT molecular complexity index is 823. The topological polar surface area (TPSA) is 34.0 Å². The third-order valence-corrected chi connectivity index (χ3v) is 5.72. The number of hydrogen-bond donors (Lipinski definition) is 1. The molecule has 1 saturated heterocycles. The molecule has 136 valence electrons. The van der Waals surface area contributed by atoms with Crippen LogP contribution in [0.1, 0.15) is 32.6 Å². The van der Waals surface area contributed by atoms with E-state index in [1.54, 1.807) is 4.90 Å². The first-order valence-corrected chi connectivity index (χ1v) is 9.55. The van der Waals surface area contributed by atoms with Crippen molar-refractivity contribution in [3.8, 4) is 5.75 Å². The minimum Gasteiger partial charge on any atom is -0.493 e. The van der Waals surface area contributed by atoms with E-state index in [9.17, 15) is 4.79 Å². The molecule has 2 aromatic rings. The van der Waals surface area contributed by atoms with Crippen molar-refractivity contribution in [3.63, 3.8) is 0 Å². The van der Waals surface area contributed by atoms with Crippen LogP contribution >= 0.6 is 0 Å². The molecule has 0 radical (unpaired) electrons. The van der Waals surface area contributed by atoms with Gasteiger partial charge in [-0.15, -0.1) is 0 Å². The molecule has 26 heavy (non-hydrogen) atoms. The third kappa shape index (κ3) is 3.47. The van der Waals surface area contributed by atoms with Crippen LogP contribution in [-0.4, -0.2) is 43.6 Å². The van der Waals surface area contributed by atoms with Crippen molar-refractivity contribution in [1.82, 2.24) is 4.90 Å². The van der Waals surface area contributed by atoms with Crippen LogP contribution in [0, 0.1) is 13.8 Å². The summed E-state index contributed by atoms with van der Waals surface area (Å²) in [7, 11) is 0. The van der Waals surface area contributed by atoms with Gasteiger partial charge in [0.05, 0.1) is 32.8 Å². The normalized spacial score (nSPS) is 17.1. The lowest BCUT2D eigenvalue weighted by Crippen LogP contribution is -3.13. The van der Waals surface area contributed by atoms with Gasteiger partial charge in [-0.2, -0.15) is 0 Å². The fourth-order valence-electron chi connectivity index (χ4n) is 3.90. The third-order valence-electron chi connectivity index (χ3n) is 5.72. The predicted molar refractivity (Wildman–Crippen MR) is 102 cm³/mol. The summed E-state index contributed by atoms with van der Waals surface area (Å²) in [4.78, 5) is 16.3. The van der Waals surface area contributed by atoms with Gasteiger partial charge in [0.2, 0.25) is 0 Å². The number of quaternary nitrogens is 1. The Labute approximate surface area is 155 Å². The number of benzene rings is 2. The van der Waals surface area contributed by atoms with Crippen LogP contribution in [0.15, 0.2) is 36.4 Å². The SMILES string of the molecule is Cc1ccc(C(=O)N2CC[NH+](Cc3ccc4c(c3)CCO4)CC2)cc1C. The Balaban J connectivity index is 1.35. The zero-order valence-corrected chi connectivity index (χ0v) is 15.7. The van der Waals surface area contributed by atoms with E-state index in [-0.39, 0.29) is 5.91 Å². The first-order valence-electron chi connectivity index (χ1n) is 9.55. The fraction of sp³-hybridized carbons (Fsp3) is 0.409. The van der Waals surface area contributed by atoms with Gasteiger partial charge in [-0.05, 0) is 60.9 Å². The number of nitrogens with zero attached hydrogens (tertiary/aromatic N) is 1. The number of amides is 1. The molecular weight excluding hydrogens is 324 g/mol. The van der Waals surface area contributed by atoms with E-state index in [4.69, 9.17) is 4.74 Å². The number of rotatable bonds is 3. The summed E-state index contributed by atoms with van der Waals surface area (Å²) in [6, 6.07) is 12.6. The summed E-state index contributed by atoms with van der Waals surface area (Å²) in [5, 5.41) is 0. The number of nitrogens with one attached hydrogen (secondary N) is 1. The first kappa shape index (κ1) is 17.1. The van der Waals surface area contributed by atoms with Crippen LogP contribution in [-0.2, 0) is 13.0 Å². The minimum absolute atomic E-state index is 0.168. The lowest BCUT2D eigenvalue weighted by Gasteiger charge is -2.32. The molecule has 1 amide bonds. The molecule has 2 aliphatic rings. The average Bonchev–Trinajstić information content (AvgIpc) is 3.12. The van der Waals surface area contributed by atoms with Gasteiger partial charge in [0.25, 0.3) is 5.91 Å². The molecule has 0 bridgehead atoms. The molecule has 0 spiro atoms. The average molecular weight is 351 g/mol. The van der Waals surface area contributed by atoms with Gasteiger partial charge in [-0.25, -0.2) is 0 Å². The number of fused-ring (bicyclic) bond motifs is 1. The number of carbonyl (C=O) groups is 1. The second-order valence-corrected chi connectivity index (χ2v) is 7.56. The van der Waals surface area contributed by atoms with Crippen LogP contribution in [0.5, 0.6) is 5.75 Å². The fourth-order valence-corrected chi connectivity index (χ4v) is 3.90. The molecule has 0 aromatic heterocycles. The van der Waals surface area contributed by atoms with Gasteiger partial charge in [0, 0.05) is 17.5 Å². The lowest BCUT2D eigenvalue weighted by atomic mass is 10.1. The van der Waals surface area contributed by atoms with E-state index in [1.165, 1.54) is 22.3 Å². The molecule has 2 aliphatic heterocycles. The maximum absolute atomic E-state index is 12.8. The van der Waals surface area contributed by atoms with Crippen LogP contribution in [0.3, 0.4) is 0 Å². The van der Waals surface area contributed by atoms with E-state index in [0.29, 0.717) is 0 Å². The molecule has 4 rings (SSSR count). The molecular formula is C22H27N2O2+. The monoisotopic (exact) mass is 351 g/mol. The first-order chi connectivity index (χ1) is 12.6. The molecule has 2 heterocycles. The molecule has 4 heteroatoms. The standard InChI is InChI=1S/C22H26N2O2/c1-16-3-5-20(13-17(16)2)22(25)24-10-8-23(9-11-24)15-18-4-6-21-19(14-18)7-12-26-21/h3-6,13-14H,7-12,15H2,1-2H3/p+1. The number of carbonyl (C=O) groups excluding carboxylic acids is 1. The van der Waals surface area contributed by atoms with Crippen molar-refractivity contribution in [1.29, 1.82) is 0 Å². The molecule has 1 fully saturated rings. The smallest absolute Gasteiger partial charge is 0.254 e. The maximum atomic E-state index is 12.8. The Morgan fingerprint density at radius 1 is 1.08 bits per heavy atom. The zero-order chi connectivity index (χ0) is 18.1. The van der Waals surface area contributed by atoms with E-state index in [0.717, 1.165) is 57.1 Å². The highest BCUT2D eigenvalue weighted by molar-refractivity contribution is 5.94. The maximum Gasteiger partial charge on any atom is 0.254 e. The molecule has 2 aromatic carbocycles. The highest BCUT2D eigenvalue weighted by Crippen LogP contribution is 2.25. The van der Waals surface area contributed by atoms with Gasteiger partial charge in [-0.1, -0.05) is 6.07 Å². The summed E-state index contributed by atoms with van der Waals surface area (Å²) in [6.45, 7) is 9.65. The molecule has 0 unspecified atom stereocenters. The van der Waals surface area contributed by atoms with Crippen LogP contribution in [0.25, 0.3) is 0 Å². The summed E-state index contributed by atoms with van der Waals surface area (Å²) >= 11 is 0. The van der Waals surface area contributed by atoms with Crippen molar-refractivity contribution in [2.45, 2.75) is 26.8 Å². The molecule has 0 saturated carbocycles. The Hall–Kier alpha value is -2.33. The summed E-state index contributed by atoms with van der Waals surface area (Å²) < 4.78 is 5.59. The number of aryl methyl sites for hydroxylation is 2. The van der Waals surface area contributed by atoms with Crippen molar-refractivity contribution in [2.24, 2.45) is 0 Å². The van der Waals surface area contributed by atoms with Crippen LogP contribution in [0.4, 0.5) is 0 Å². The van der Waals surface area contributed by atoms with Crippen molar-refractivity contribution in [2.75, 3.05) is 32.8 Å². The van der Waals surface area contributed by atoms with Gasteiger partial charge in [-0.3, -0.25) is 4.79 Å². The van der Waals surface area contributed by atoms with E-state index >= 15 is 0 Å². The van der Waals surface area contributed by atoms with E-state index in [2.05, 4.69) is 32.0 Å². The van der Waals surface area contributed by atoms with Crippen molar-refractivity contribution < 1.29 is 14.4 Å². The minimum atomic E-state index is 0.168. The van der Waals surface area contributed by atoms with Crippen molar-refractivity contribution in [3.05, 3.63) is 64.2 Å². The molecule has 4 nitrogen and oxygen atoms in total. The second kappa shape index (κ2) is 7.12. The van der Waals surface area contributed by atoms with Gasteiger partial charge < -0.3 is 14.5 Å². The number of piperazine rings is 1. The van der Waals surface area contributed by atoms with Crippen LogP contribution in [0.2, 0.25) is 0 Å². The van der Waals surface area contributed by atoms with Gasteiger partial charge in [0.15, 0.2) is 0 Å². The molecule has 1 N–H and O–H groups in total. The van der Waals surface area contributed by atoms with E-state index in [1.807, 2.05) is 23.1 Å². The Kier molecular flexibility index (Phi) is 4.68. The van der Waals surface area contributed by atoms with Crippen LogP contribution < -0.4 is 9.64 Å². The molecule has 0 atom stereocenters. The molecule has 0 aliphatic carbocycles. The highest BCUT2D eigenvalue weighted by atomic mass is 16.5. The number of ether oxygens (including phenoxy) is 1. The lowest BCUT2D eigenvalue weighted by molar-refractivity contribution is -0.917. The van der Waals surface area contributed by atoms with Crippen molar-refractivity contribution >= 4 is 5.91 Å². The van der Waals surface area contributed by atoms with Gasteiger partial charge >= 0.3 is 0 Å². The van der Waals surface area contributed by atoms with Gasteiger partial charge in [0.1, 0.15) is 12.3 Å².